The van der Waals surface area contributed by atoms with Gasteiger partial charge in [-0.25, -0.2) is 19.9 Å². The lowest BCUT2D eigenvalue weighted by Crippen LogP contribution is -2.12. The summed E-state index contributed by atoms with van der Waals surface area (Å²) in [6.45, 7) is 20.0. The van der Waals surface area contributed by atoms with E-state index in [1.54, 1.807) is 0 Å². The monoisotopic (exact) mass is 865 g/mol. The minimum absolute atomic E-state index is 0.00679. The maximum atomic E-state index is 7.31. The van der Waals surface area contributed by atoms with Crippen LogP contribution < -0.4 is 9.31 Å². The lowest BCUT2D eigenvalue weighted by molar-refractivity contribution is -0.394. The standard InChI is InChI=1S/C58H55N7O/c1-56(2,3)39-26-22-37(23-27-39)53-60-54(38-24-28-40(29-25-38)57(4,5)6)62-55(61-53)46-34-45-44-17-11-12-18-47(44)65(52-21-15-16-30-59-52)50(45)35-51(46)66-43-32-41(58(7,8)9)31-42(33-43)64-36-63(10)48-19-13-14-20-49(48)64/h11-35H,1-10H3/q+2. The number of fused-ring (bicyclic) bond motifs is 4. The van der Waals surface area contributed by atoms with Gasteiger partial charge in [0.1, 0.15) is 17.3 Å². The summed E-state index contributed by atoms with van der Waals surface area (Å²) in [7, 11) is 2.03. The molecule has 10 rings (SSSR count). The molecule has 8 heteroatoms. The molecule has 9 aromatic rings. The molecule has 1 aliphatic heterocycles. The van der Waals surface area contributed by atoms with Gasteiger partial charge < -0.3 is 4.74 Å². The highest BCUT2D eigenvalue weighted by atomic mass is 16.5. The van der Waals surface area contributed by atoms with Crippen molar-refractivity contribution in [3.63, 3.8) is 0 Å². The summed E-state index contributed by atoms with van der Waals surface area (Å²) in [6, 6.07) is 54.3. The largest absolute Gasteiger partial charge is 0.496 e. The Morgan fingerprint density at radius 1 is 0.515 bits per heavy atom. The lowest BCUT2D eigenvalue weighted by Gasteiger charge is -2.21. The van der Waals surface area contributed by atoms with Crippen LogP contribution in [0.25, 0.3) is 61.8 Å². The Bertz CT molecular complexity index is 3340. The van der Waals surface area contributed by atoms with Crippen LogP contribution >= 0.6 is 0 Å². The van der Waals surface area contributed by atoms with Gasteiger partial charge in [-0.3, -0.25) is 4.57 Å². The van der Waals surface area contributed by atoms with E-state index in [0.717, 1.165) is 66.9 Å². The molecule has 0 unspecified atom stereocenters. The molecular weight excluding hydrogens is 811 g/mol. The van der Waals surface area contributed by atoms with E-state index in [1.165, 1.54) is 11.1 Å². The third-order valence-electron chi connectivity index (χ3n) is 12.5. The van der Waals surface area contributed by atoms with Crippen molar-refractivity contribution < 1.29 is 9.31 Å². The Labute approximate surface area is 387 Å². The Morgan fingerprint density at radius 2 is 1.09 bits per heavy atom. The second-order valence-electron chi connectivity index (χ2n) is 20.4. The van der Waals surface area contributed by atoms with Gasteiger partial charge >= 0.3 is 6.01 Å². The fraction of sp³-hybridized carbons (Fsp3) is 0.224. The van der Waals surface area contributed by atoms with Crippen molar-refractivity contribution >= 4 is 44.9 Å². The number of hydrogen-bond donors (Lipinski definition) is 0. The van der Waals surface area contributed by atoms with Crippen molar-refractivity contribution in [3.8, 4) is 51.5 Å². The lowest BCUT2D eigenvalue weighted by atomic mass is 9.86. The molecule has 0 spiro atoms. The molecule has 0 fully saturated rings. The first-order chi connectivity index (χ1) is 31.5. The van der Waals surface area contributed by atoms with Crippen LogP contribution in [0.1, 0.15) is 79.0 Å². The Hall–Kier alpha value is -7.54. The zero-order valence-corrected chi connectivity index (χ0v) is 39.5. The number of benzene rings is 6. The van der Waals surface area contributed by atoms with Crippen LogP contribution in [0.3, 0.4) is 0 Å². The van der Waals surface area contributed by atoms with E-state index in [0.29, 0.717) is 29.0 Å². The Morgan fingerprint density at radius 3 is 1.70 bits per heavy atom. The van der Waals surface area contributed by atoms with Gasteiger partial charge in [-0.2, -0.15) is 0 Å². The fourth-order valence-corrected chi connectivity index (χ4v) is 8.70. The van der Waals surface area contributed by atoms with Gasteiger partial charge in [0.2, 0.25) is 5.69 Å². The molecule has 8 nitrogen and oxygen atoms in total. The molecule has 0 bridgehead atoms. The summed E-state index contributed by atoms with van der Waals surface area (Å²) in [6.07, 6.45) is 1.83. The number of aromatic nitrogens is 5. The average Bonchev–Trinajstić information content (AvgIpc) is 3.81. The third kappa shape index (κ3) is 7.88. The topological polar surface area (TPSA) is 71.7 Å². The minimum Gasteiger partial charge on any atom is -0.456 e. The molecule has 4 heterocycles. The molecule has 0 aliphatic carbocycles. The summed E-state index contributed by atoms with van der Waals surface area (Å²) in [4.78, 5) is 20.7. The molecular formula is C58H55N7O+2. The molecule has 1 aliphatic rings. The molecule has 0 amide bonds. The highest BCUT2D eigenvalue weighted by Crippen LogP contribution is 2.44. The van der Waals surface area contributed by atoms with Crippen molar-refractivity contribution in [1.29, 1.82) is 0 Å². The van der Waals surface area contributed by atoms with Gasteiger partial charge in [0.05, 0.1) is 22.7 Å². The molecule has 0 saturated heterocycles. The SMILES string of the molecule is C[N+]1=C=[N+](c2cc(Oc3cc4c(cc3-c3nc(-c5ccc(C(C)(C)C)cc5)nc(-c5ccc(C(C)(C)C)cc5)n3)c3ccccc3n4-c3ccccn3)cc(C(C)(C)C)c2)c2ccccc21. The van der Waals surface area contributed by atoms with E-state index >= 15 is 0 Å². The van der Waals surface area contributed by atoms with Crippen LogP contribution in [0.5, 0.6) is 11.5 Å². The highest BCUT2D eigenvalue weighted by Gasteiger charge is 2.34. The maximum Gasteiger partial charge on any atom is 0.496 e. The van der Waals surface area contributed by atoms with Crippen LogP contribution in [-0.4, -0.2) is 42.1 Å². The quantitative estimate of drug-likeness (QED) is 0.149. The zero-order chi connectivity index (χ0) is 46.1. The van der Waals surface area contributed by atoms with Crippen molar-refractivity contribution in [1.82, 2.24) is 29.1 Å². The highest BCUT2D eigenvalue weighted by molar-refractivity contribution is 6.11. The molecule has 0 N–H and O–H groups in total. The predicted octanol–water partition coefficient (Wildman–Crippen LogP) is 14.3. The van der Waals surface area contributed by atoms with Gasteiger partial charge in [0, 0.05) is 52.4 Å². The van der Waals surface area contributed by atoms with Gasteiger partial charge in [0.25, 0.3) is 11.4 Å². The second kappa shape index (κ2) is 15.9. The zero-order valence-electron chi connectivity index (χ0n) is 39.5. The third-order valence-corrected chi connectivity index (χ3v) is 12.5. The molecule has 0 saturated carbocycles. The fourth-order valence-electron chi connectivity index (χ4n) is 8.70. The van der Waals surface area contributed by atoms with Crippen LogP contribution in [0.4, 0.5) is 17.1 Å². The van der Waals surface area contributed by atoms with Crippen LogP contribution in [-0.2, 0) is 16.2 Å². The molecule has 0 radical (unpaired) electrons. The second-order valence-corrected chi connectivity index (χ2v) is 20.4. The Kier molecular flexibility index (Phi) is 10.2. The first-order valence-corrected chi connectivity index (χ1v) is 22.7. The van der Waals surface area contributed by atoms with Crippen molar-refractivity contribution in [2.45, 2.75) is 78.6 Å². The number of pyridine rings is 1. The molecule has 3 aromatic heterocycles. The van der Waals surface area contributed by atoms with Crippen LogP contribution in [0.2, 0.25) is 0 Å². The van der Waals surface area contributed by atoms with E-state index in [2.05, 4.69) is 205 Å². The first-order valence-electron chi connectivity index (χ1n) is 22.7. The van der Waals surface area contributed by atoms with E-state index in [1.807, 2.05) is 36.0 Å². The number of hydrogen-bond acceptors (Lipinski definition) is 5. The van der Waals surface area contributed by atoms with E-state index in [4.69, 9.17) is 24.7 Å². The smallest absolute Gasteiger partial charge is 0.456 e. The van der Waals surface area contributed by atoms with Gasteiger partial charge in [-0.05, 0) is 67.8 Å². The maximum absolute atomic E-state index is 7.31. The van der Waals surface area contributed by atoms with Crippen molar-refractivity contribution in [2.24, 2.45) is 0 Å². The van der Waals surface area contributed by atoms with Crippen LogP contribution in [0.15, 0.2) is 152 Å². The predicted molar refractivity (Wildman–Crippen MR) is 270 cm³/mol. The number of ether oxygens (including phenoxy) is 1. The number of nitrogens with zero attached hydrogens (tertiary/aromatic N) is 7. The molecule has 0 atom stereocenters. The summed E-state index contributed by atoms with van der Waals surface area (Å²) < 4.78 is 13.7. The first kappa shape index (κ1) is 42.4. The minimum atomic E-state index is -0.194. The van der Waals surface area contributed by atoms with E-state index < -0.39 is 0 Å². The summed E-state index contributed by atoms with van der Waals surface area (Å²) >= 11 is 0. The van der Waals surface area contributed by atoms with E-state index in [-0.39, 0.29) is 16.2 Å². The van der Waals surface area contributed by atoms with E-state index in [9.17, 15) is 0 Å². The summed E-state index contributed by atoms with van der Waals surface area (Å²) in [5.74, 6) is 3.75. The van der Waals surface area contributed by atoms with Gasteiger partial charge in [-0.1, -0.05) is 152 Å². The molecule has 66 heavy (non-hydrogen) atoms. The van der Waals surface area contributed by atoms with Crippen molar-refractivity contribution in [3.05, 3.63) is 168 Å². The summed E-state index contributed by atoms with van der Waals surface area (Å²) in [5.41, 5.74) is 11.0. The normalized spacial score (nSPS) is 12.9. The van der Waals surface area contributed by atoms with Crippen molar-refractivity contribution in [2.75, 3.05) is 7.05 Å². The molecule has 6 aromatic carbocycles. The van der Waals surface area contributed by atoms with Gasteiger partial charge in [0.15, 0.2) is 24.5 Å². The van der Waals surface area contributed by atoms with Crippen LogP contribution in [0, 0.1) is 0 Å². The number of para-hydroxylation sites is 3. The van der Waals surface area contributed by atoms with Gasteiger partial charge in [-0.15, -0.1) is 0 Å². The molecule has 326 valence electrons. The Balaban J connectivity index is 1.23. The number of rotatable bonds is 7. The summed E-state index contributed by atoms with van der Waals surface area (Å²) in [5, 5.41) is 2.10. The average molecular weight is 866 g/mol.